The van der Waals surface area contributed by atoms with Crippen LogP contribution >= 0.6 is 11.8 Å². The van der Waals surface area contributed by atoms with Crippen molar-refractivity contribution in [3.63, 3.8) is 0 Å². The van der Waals surface area contributed by atoms with E-state index < -0.39 is 5.97 Å². The van der Waals surface area contributed by atoms with Crippen molar-refractivity contribution in [3.05, 3.63) is 53.5 Å². The van der Waals surface area contributed by atoms with Gasteiger partial charge in [-0.2, -0.15) is 0 Å². The van der Waals surface area contributed by atoms with Crippen LogP contribution in [0.3, 0.4) is 0 Å². The molecular formula is C20H23NO5S. The minimum absolute atomic E-state index is 0.0232. The minimum Gasteiger partial charge on any atom is -0.478 e. The molecule has 1 fully saturated rings. The number of furan rings is 1. The van der Waals surface area contributed by atoms with Gasteiger partial charge in [-0.15, -0.1) is 11.8 Å². The van der Waals surface area contributed by atoms with E-state index in [4.69, 9.17) is 9.15 Å². The van der Waals surface area contributed by atoms with Crippen LogP contribution in [0.1, 0.15) is 40.3 Å². The van der Waals surface area contributed by atoms with E-state index in [9.17, 15) is 14.7 Å². The fraction of sp³-hybridized carbons (Fsp3) is 0.400. The molecule has 1 atom stereocenters. The highest BCUT2D eigenvalue weighted by Crippen LogP contribution is 2.29. The number of thioether (sulfide) groups is 1. The molecule has 2 aromatic rings. The lowest BCUT2D eigenvalue weighted by Gasteiger charge is -2.35. The summed E-state index contributed by atoms with van der Waals surface area (Å²) in [5.74, 6) is 0.0396. The zero-order chi connectivity index (χ0) is 19.4. The maximum atomic E-state index is 13.1. The minimum atomic E-state index is -1.02. The molecule has 0 saturated carbocycles. The Labute approximate surface area is 162 Å². The third-order valence-corrected chi connectivity index (χ3v) is 5.65. The second-order valence-electron chi connectivity index (χ2n) is 6.75. The van der Waals surface area contributed by atoms with Crippen LogP contribution in [0.4, 0.5) is 0 Å². The Morgan fingerprint density at radius 3 is 2.78 bits per heavy atom. The zero-order valence-electron chi connectivity index (χ0n) is 15.4. The summed E-state index contributed by atoms with van der Waals surface area (Å²) in [6.45, 7) is 5.87. The first-order valence-corrected chi connectivity index (χ1v) is 9.88. The number of rotatable bonds is 6. The molecule has 7 heteroatoms. The van der Waals surface area contributed by atoms with Gasteiger partial charge in [-0.3, -0.25) is 4.79 Å². The van der Waals surface area contributed by atoms with Crippen LogP contribution in [-0.4, -0.2) is 47.7 Å². The summed E-state index contributed by atoms with van der Waals surface area (Å²) in [6, 6.07) is 8.84. The number of amides is 1. The van der Waals surface area contributed by atoms with E-state index in [1.807, 2.05) is 29.2 Å². The van der Waals surface area contributed by atoms with E-state index >= 15 is 0 Å². The highest BCUT2D eigenvalue weighted by atomic mass is 32.2. The molecule has 0 radical (unpaired) electrons. The van der Waals surface area contributed by atoms with E-state index in [0.717, 1.165) is 4.90 Å². The maximum Gasteiger partial charge on any atom is 0.339 e. The molecule has 1 aromatic carbocycles. The Balaban J connectivity index is 1.74. The number of hydrogen-bond donors (Lipinski definition) is 1. The summed E-state index contributed by atoms with van der Waals surface area (Å²) in [4.78, 5) is 26.9. The average molecular weight is 389 g/mol. The summed E-state index contributed by atoms with van der Waals surface area (Å²) in [6.07, 6.45) is 1.42. The summed E-state index contributed by atoms with van der Waals surface area (Å²) < 4.78 is 11.0. The van der Waals surface area contributed by atoms with Crippen molar-refractivity contribution in [1.29, 1.82) is 0 Å². The Bertz CT molecular complexity index is 816. The molecule has 0 aliphatic carbocycles. The largest absolute Gasteiger partial charge is 0.478 e. The molecular weight excluding hydrogens is 366 g/mol. The van der Waals surface area contributed by atoms with Crippen LogP contribution in [-0.2, 0) is 10.5 Å². The Morgan fingerprint density at radius 1 is 1.26 bits per heavy atom. The monoisotopic (exact) mass is 389 g/mol. The van der Waals surface area contributed by atoms with Gasteiger partial charge < -0.3 is 19.2 Å². The van der Waals surface area contributed by atoms with Crippen LogP contribution in [0.2, 0.25) is 0 Å². The molecule has 0 spiro atoms. The molecule has 1 aromatic heterocycles. The van der Waals surface area contributed by atoms with E-state index in [1.54, 1.807) is 0 Å². The lowest BCUT2D eigenvalue weighted by molar-refractivity contribution is -0.0421. The van der Waals surface area contributed by atoms with Crippen LogP contribution < -0.4 is 0 Å². The number of benzene rings is 1. The molecule has 1 saturated heterocycles. The van der Waals surface area contributed by atoms with Gasteiger partial charge in [0.2, 0.25) is 0 Å². The van der Waals surface area contributed by atoms with E-state index in [1.165, 1.54) is 24.1 Å². The summed E-state index contributed by atoms with van der Waals surface area (Å²) in [7, 11) is 0. The van der Waals surface area contributed by atoms with E-state index in [0.29, 0.717) is 42.7 Å². The van der Waals surface area contributed by atoms with E-state index in [-0.39, 0.29) is 17.6 Å². The van der Waals surface area contributed by atoms with Gasteiger partial charge in [0.25, 0.3) is 5.91 Å². The number of morpholine rings is 1. The third-order valence-electron chi connectivity index (χ3n) is 4.58. The van der Waals surface area contributed by atoms with Crippen molar-refractivity contribution in [2.75, 3.05) is 19.7 Å². The van der Waals surface area contributed by atoms with Crippen LogP contribution in [0.15, 0.2) is 45.9 Å². The normalized spacial score (nSPS) is 17.3. The van der Waals surface area contributed by atoms with Crippen molar-refractivity contribution in [2.45, 2.75) is 30.6 Å². The van der Waals surface area contributed by atoms with Gasteiger partial charge in [-0.05, 0) is 24.1 Å². The van der Waals surface area contributed by atoms with Gasteiger partial charge in [0.05, 0.1) is 30.3 Å². The van der Waals surface area contributed by atoms with Crippen LogP contribution in [0.5, 0.6) is 0 Å². The van der Waals surface area contributed by atoms with Gasteiger partial charge in [0.15, 0.2) is 0 Å². The molecule has 144 valence electrons. The number of ether oxygens (including phenoxy) is 1. The number of carbonyl (C=O) groups is 2. The predicted octanol–water partition coefficient (Wildman–Crippen LogP) is 3.77. The number of carboxylic acid groups (broad SMARTS) is 1. The zero-order valence-corrected chi connectivity index (χ0v) is 16.2. The van der Waals surface area contributed by atoms with Gasteiger partial charge >= 0.3 is 5.97 Å². The van der Waals surface area contributed by atoms with Gasteiger partial charge in [-0.1, -0.05) is 26.0 Å². The van der Waals surface area contributed by atoms with Gasteiger partial charge in [-0.25, -0.2) is 4.79 Å². The quantitative estimate of drug-likeness (QED) is 0.758. The fourth-order valence-corrected chi connectivity index (χ4v) is 3.98. The molecule has 1 aliphatic heterocycles. The number of carbonyl (C=O) groups excluding carboxylic acids is 1. The van der Waals surface area contributed by atoms with Crippen molar-refractivity contribution in [3.8, 4) is 0 Å². The highest BCUT2D eigenvalue weighted by molar-refractivity contribution is 7.98. The molecule has 2 heterocycles. The number of aromatic carboxylic acids is 1. The number of carboxylic acids is 1. The molecule has 0 bridgehead atoms. The topological polar surface area (TPSA) is 80.0 Å². The van der Waals surface area contributed by atoms with Crippen molar-refractivity contribution in [2.24, 2.45) is 5.92 Å². The first-order chi connectivity index (χ1) is 13.0. The first kappa shape index (κ1) is 19.5. The highest BCUT2D eigenvalue weighted by Gasteiger charge is 2.28. The van der Waals surface area contributed by atoms with E-state index in [2.05, 4.69) is 13.8 Å². The van der Waals surface area contributed by atoms with Crippen molar-refractivity contribution in [1.82, 2.24) is 4.90 Å². The van der Waals surface area contributed by atoms with Gasteiger partial charge in [0.1, 0.15) is 11.3 Å². The second-order valence-corrected chi connectivity index (χ2v) is 7.77. The number of nitrogens with zero attached hydrogens (tertiary/aromatic N) is 1. The smallest absolute Gasteiger partial charge is 0.339 e. The molecule has 3 rings (SSSR count). The third kappa shape index (κ3) is 4.54. The molecule has 1 unspecified atom stereocenters. The van der Waals surface area contributed by atoms with Crippen LogP contribution in [0, 0.1) is 5.92 Å². The fourth-order valence-electron chi connectivity index (χ4n) is 2.99. The molecule has 27 heavy (non-hydrogen) atoms. The average Bonchev–Trinajstić information content (AvgIpc) is 3.15. The summed E-state index contributed by atoms with van der Waals surface area (Å²) in [5.41, 5.74) is 0.773. The second kappa shape index (κ2) is 8.63. The molecule has 1 N–H and O–H groups in total. The maximum absolute atomic E-state index is 13.1. The summed E-state index contributed by atoms with van der Waals surface area (Å²) in [5, 5.41) is 9.19. The lowest BCUT2D eigenvalue weighted by atomic mass is 10.0. The molecule has 6 nitrogen and oxygen atoms in total. The lowest BCUT2D eigenvalue weighted by Crippen LogP contribution is -2.47. The van der Waals surface area contributed by atoms with Crippen molar-refractivity contribution >= 4 is 23.6 Å². The standard InChI is InChI=1S/C20H23NO5S/c1-13(2)16-11-21(8-10-26-16)19(22)15-5-3-4-6-18(15)27-12-17-14(20(23)24)7-9-25-17/h3-7,9,13,16H,8,10-12H2,1-2H3,(H,23,24). The Morgan fingerprint density at radius 2 is 2.04 bits per heavy atom. The summed E-state index contributed by atoms with van der Waals surface area (Å²) >= 11 is 1.40. The first-order valence-electron chi connectivity index (χ1n) is 8.89. The SMILES string of the molecule is CC(C)C1CN(C(=O)c2ccccc2SCc2occc2C(=O)O)CCO1. The Hall–Kier alpha value is -2.25. The van der Waals surface area contributed by atoms with Crippen molar-refractivity contribution < 1.29 is 23.8 Å². The van der Waals surface area contributed by atoms with Gasteiger partial charge in [0, 0.05) is 18.0 Å². The number of hydrogen-bond acceptors (Lipinski definition) is 5. The Kier molecular flexibility index (Phi) is 6.23. The van der Waals surface area contributed by atoms with Crippen LogP contribution in [0.25, 0.3) is 0 Å². The predicted molar refractivity (Wildman–Crippen MR) is 102 cm³/mol. The molecule has 1 amide bonds. The molecule has 1 aliphatic rings.